The van der Waals surface area contributed by atoms with Crippen molar-refractivity contribution in [3.8, 4) is 5.75 Å². The average molecular weight is 256 g/mol. The lowest BCUT2D eigenvalue weighted by atomic mass is 10.0. The van der Waals surface area contributed by atoms with Gasteiger partial charge in [-0.25, -0.2) is 0 Å². The minimum Gasteiger partial charge on any atom is -0.495 e. The van der Waals surface area contributed by atoms with Gasteiger partial charge in [0.15, 0.2) is 0 Å². The molecule has 2 rings (SSSR count). The van der Waals surface area contributed by atoms with Crippen LogP contribution in [0.5, 0.6) is 5.75 Å². The molecule has 3 nitrogen and oxygen atoms in total. The monoisotopic (exact) mass is 256 g/mol. The molecule has 0 fully saturated rings. The molecule has 0 unspecified atom stereocenters. The first kappa shape index (κ1) is 13.6. The van der Waals surface area contributed by atoms with Crippen molar-refractivity contribution < 1.29 is 4.74 Å². The van der Waals surface area contributed by atoms with Gasteiger partial charge >= 0.3 is 0 Å². The third-order valence-corrected chi connectivity index (χ3v) is 3.29. The lowest BCUT2D eigenvalue weighted by molar-refractivity contribution is 0.412. The van der Waals surface area contributed by atoms with Crippen molar-refractivity contribution in [2.45, 2.75) is 26.9 Å². The molecule has 0 spiro atoms. The summed E-state index contributed by atoms with van der Waals surface area (Å²) in [6.07, 6.45) is 1.75. The molecule has 0 saturated heterocycles. The lowest BCUT2D eigenvalue weighted by Crippen LogP contribution is -2.15. The predicted octanol–water partition coefficient (Wildman–Crippen LogP) is 3.00. The number of methoxy groups -OCH3 is 1. The van der Waals surface area contributed by atoms with Crippen LogP contribution in [0.3, 0.4) is 0 Å². The van der Waals surface area contributed by atoms with Crippen molar-refractivity contribution in [3.05, 3.63) is 58.9 Å². The van der Waals surface area contributed by atoms with Crippen LogP contribution in [-0.4, -0.2) is 12.1 Å². The summed E-state index contributed by atoms with van der Waals surface area (Å²) in [5.74, 6) is 0.790. The van der Waals surface area contributed by atoms with Crippen LogP contribution in [0.25, 0.3) is 0 Å². The van der Waals surface area contributed by atoms with Gasteiger partial charge in [-0.3, -0.25) is 4.98 Å². The van der Waals surface area contributed by atoms with Crippen LogP contribution in [0, 0.1) is 13.8 Å². The molecule has 0 atom stereocenters. The van der Waals surface area contributed by atoms with Crippen molar-refractivity contribution in [1.82, 2.24) is 10.3 Å². The lowest BCUT2D eigenvalue weighted by Gasteiger charge is -2.10. The first-order valence-electron chi connectivity index (χ1n) is 6.45. The van der Waals surface area contributed by atoms with Crippen LogP contribution in [0.4, 0.5) is 0 Å². The second-order valence-electron chi connectivity index (χ2n) is 4.66. The van der Waals surface area contributed by atoms with Crippen LogP contribution in [0.15, 0.2) is 36.5 Å². The molecule has 1 heterocycles. The number of pyridine rings is 1. The van der Waals surface area contributed by atoms with Gasteiger partial charge < -0.3 is 10.1 Å². The maximum atomic E-state index is 5.09. The molecule has 3 heteroatoms. The Morgan fingerprint density at radius 1 is 1.05 bits per heavy atom. The number of aryl methyl sites for hydroxylation is 2. The van der Waals surface area contributed by atoms with E-state index in [1.807, 2.05) is 12.1 Å². The molecule has 1 N–H and O–H groups in total. The highest BCUT2D eigenvalue weighted by molar-refractivity contribution is 5.33. The number of hydrogen-bond donors (Lipinski definition) is 1. The highest BCUT2D eigenvalue weighted by Gasteiger charge is 2.02. The summed E-state index contributed by atoms with van der Waals surface area (Å²) in [5, 5.41) is 3.43. The minimum absolute atomic E-state index is 0.762. The zero-order chi connectivity index (χ0) is 13.7. The Morgan fingerprint density at radius 3 is 2.37 bits per heavy atom. The Labute approximate surface area is 114 Å². The molecule has 0 bridgehead atoms. The second kappa shape index (κ2) is 6.34. The van der Waals surface area contributed by atoms with E-state index in [2.05, 4.69) is 42.3 Å². The minimum atomic E-state index is 0.762. The van der Waals surface area contributed by atoms with Gasteiger partial charge in [-0.2, -0.15) is 0 Å². The van der Waals surface area contributed by atoms with Crippen molar-refractivity contribution in [2.75, 3.05) is 7.11 Å². The fourth-order valence-electron chi connectivity index (χ4n) is 2.08. The van der Waals surface area contributed by atoms with E-state index in [0.29, 0.717) is 0 Å². The van der Waals surface area contributed by atoms with Gasteiger partial charge in [0.05, 0.1) is 19.0 Å². The summed E-state index contributed by atoms with van der Waals surface area (Å²) in [4.78, 5) is 4.34. The molecule has 0 amide bonds. The van der Waals surface area contributed by atoms with Gasteiger partial charge in [-0.15, -0.1) is 0 Å². The largest absolute Gasteiger partial charge is 0.495 e. The van der Waals surface area contributed by atoms with Gasteiger partial charge in [-0.1, -0.05) is 18.2 Å². The van der Waals surface area contributed by atoms with E-state index >= 15 is 0 Å². The Bertz CT molecular complexity index is 515. The molecular formula is C16H20N2O. The Balaban J connectivity index is 1.92. The van der Waals surface area contributed by atoms with Gasteiger partial charge in [0.2, 0.25) is 0 Å². The predicted molar refractivity (Wildman–Crippen MR) is 77.2 cm³/mol. The quantitative estimate of drug-likeness (QED) is 0.893. The first-order chi connectivity index (χ1) is 9.20. The van der Waals surface area contributed by atoms with Gasteiger partial charge in [0.25, 0.3) is 0 Å². The summed E-state index contributed by atoms with van der Waals surface area (Å²) < 4.78 is 5.09. The number of hydrogen-bond acceptors (Lipinski definition) is 3. The number of ether oxygens (including phenoxy) is 1. The normalized spacial score (nSPS) is 10.5. The van der Waals surface area contributed by atoms with Crippen LogP contribution in [0.1, 0.15) is 22.4 Å². The van der Waals surface area contributed by atoms with Crippen LogP contribution in [-0.2, 0) is 13.1 Å². The highest BCUT2D eigenvalue weighted by atomic mass is 16.5. The topological polar surface area (TPSA) is 34.1 Å². The van der Waals surface area contributed by atoms with E-state index in [0.717, 1.165) is 24.5 Å². The molecule has 0 saturated carbocycles. The van der Waals surface area contributed by atoms with E-state index < -0.39 is 0 Å². The van der Waals surface area contributed by atoms with Gasteiger partial charge in [-0.05, 0) is 42.7 Å². The Kier molecular flexibility index (Phi) is 4.53. The Hall–Kier alpha value is -1.87. The molecule has 0 aliphatic heterocycles. The molecular weight excluding hydrogens is 236 g/mol. The van der Waals surface area contributed by atoms with Crippen molar-refractivity contribution in [1.29, 1.82) is 0 Å². The van der Waals surface area contributed by atoms with Crippen LogP contribution >= 0.6 is 0 Å². The molecule has 0 aliphatic carbocycles. The third kappa shape index (κ3) is 3.55. The SMILES string of the molecule is COc1ccc(CNCc2c(C)cccc2C)nc1. The zero-order valence-electron chi connectivity index (χ0n) is 11.7. The van der Waals surface area contributed by atoms with E-state index in [1.54, 1.807) is 13.3 Å². The number of nitrogens with zero attached hydrogens (tertiary/aromatic N) is 1. The fourth-order valence-corrected chi connectivity index (χ4v) is 2.08. The first-order valence-corrected chi connectivity index (χ1v) is 6.45. The molecule has 19 heavy (non-hydrogen) atoms. The second-order valence-corrected chi connectivity index (χ2v) is 4.66. The van der Waals surface area contributed by atoms with Crippen molar-refractivity contribution in [2.24, 2.45) is 0 Å². The summed E-state index contributed by atoms with van der Waals surface area (Å²) in [6, 6.07) is 10.3. The maximum Gasteiger partial charge on any atom is 0.137 e. The van der Waals surface area contributed by atoms with Crippen LogP contribution < -0.4 is 10.1 Å². The fraction of sp³-hybridized carbons (Fsp3) is 0.312. The molecule has 0 radical (unpaired) electrons. The van der Waals surface area contributed by atoms with Crippen LogP contribution in [0.2, 0.25) is 0 Å². The third-order valence-electron chi connectivity index (χ3n) is 3.29. The molecule has 2 aromatic rings. The van der Waals surface area contributed by atoms with Gasteiger partial charge in [0.1, 0.15) is 5.75 Å². The maximum absolute atomic E-state index is 5.09. The zero-order valence-corrected chi connectivity index (χ0v) is 11.7. The Morgan fingerprint density at radius 2 is 1.79 bits per heavy atom. The van der Waals surface area contributed by atoms with E-state index in [4.69, 9.17) is 4.74 Å². The molecule has 0 aliphatic rings. The average Bonchev–Trinajstić information content (AvgIpc) is 2.43. The summed E-state index contributed by atoms with van der Waals surface area (Å²) in [6.45, 7) is 5.93. The summed E-state index contributed by atoms with van der Waals surface area (Å²) in [5.41, 5.74) is 5.05. The number of benzene rings is 1. The highest BCUT2D eigenvalue weighted by Crippen LogP contribution is 2.13. The van der Waals surface area contributed by atoms with E-state index in [1.165, 1.54) is 16.7 Å². The van der Waals surface area contributed by atoms with Gasteiger partial charge in [0, 0.05) is 13.1 Å². The van der Waals surface area contributed by atoms with Crippen molar-refractivity contribution >= 4 is 0 Å². The number of aromatic nitrogens is 1. The molecule has 1 aromatic carbocycles. The summed E-state index contributed by atoms with van der Waals surface area (Å²) in [7, 11) is 1.65. The standard InChI is InChI=1S/C16H20N2O/c1-12-5-4-6-13(2)16(12)11-17-9-14-7-8-15(19-3)10-18-14/h4-8,10,17H,9,11H2,1-3H3. The molecule has 100 valence electrons. The molecule has 1 aromatic heterocycles. The smallest absolute Gasteiger partial charge is 0.137 e. The van der Waals surface area contributed by atoms with E-state index in [9.17, 15) is 0 Å². The summed E-state index contributed by atoms with van der Waals surface area (Å²) >= 11 is 0. The number of rotatable bonds is 5. The number of nitrogens with one attached hydrogen (secondary N) is 1. The van der Waals surface area contributed by atoms with Crippen molar-refractivity contribution in [3.63, 3.8) is 0 Å². The van der Waals surface area contributed by atoms with E-state index in [-0.39, 0.29) is 0 Å².